The van der Waals surface area contributed by atoms with Crippen LogP contribution in [-0.4, -0.2) is 15.9 Å². The maximum atomic E-state index is 12.0. The van der Waals surface area contributed by atoms with Gasteiger partial charge in [0.2, 0.25) is 0 Å². The number of hydrogen-bond donors (Lipinski definition) is 2. The third-order valence-electron chi connectivity index (χ3n) is 3.09. The van der Waals surface area contributed by atoms with Crippen molar-refractivity contribution >= 4 is 11.6 Å². The Morgan fingerprint density at radius 3 is 2.62 bits per heavy atom. The molecule has 0 saturated heterocycles. The van der Waals surface area contributed by atoms with Crippen molar-refractivity contribution in [2.24, 2.45) is 0 Å². The Morgan fingerprint density at radius 1 is 1.29 bits per heavy atom. The SMILES string of the molecule is Cc1cc(C(=O)NCc2ccccc2O)ccc1[N+](=O)[O-]. The topological polar surface area (TPSA) is 92.5 Å². The average molecular weight is 286 g/mol. The van der Waals surface area contributed by atoms with E-state index in [0.29, 0.717) is 16.7 Å². The molecule has 0 aliphatic carbocycles. The summed E-state index contributed by atoms with van der Waals surface area (Å²) in [5.74, 6) is -0.242. The number of amides is 1. The maximum Gasteiger partial charge on any atom is 0.272 e. The van der Waals surface area contributed by atoms with Crippen LogP contribution in [0.5, 0.6) is 5.75 Å². The number of benzene rings is 2. The zero-order valence-corrected chi connectivity index (χ0v) is 11.4. The summed E-state index contributed by atoms with van der Waals surface area (Å²) < 4.78 is 0. The molecular weight excluding hydrogens is 272 g/mol. The van der Waals surface area contributed by atoms with Gasteiger partial charge in [0, 0.05) is 29.3 Å². The van der Waals surface area contributed by atoms with Crippen LogP contribution < -0.4 is 5.32 Å². The number of aryl methyl sites for hydroxylation is 1. The van der Waals surface area contributed by atoms with E-state index < -0.39 is 4.92 Å². The smallest absolute Gasteiger partial charge is 0.272 e. The number of hydrogen-bond acceptors (Lipinski definition) is 4. The van der Waals surface area contributed by atoms with Gasteiger partial charge in [0.25, 0.3) is 11.6 Å². The van der Waals surface area contributed by atoms with Gasteiger partial charge in [-0.25, -0.2) is 0 Å². The van der Waals surface area contributed by atoms with Crippen molar-refractivity contribution in [1.29, 1.82) is 0 Å². The van der Waals surface area contributed by atoms with Crippen LogP contribution in [0.25, 0.3) is 0 Å². The predicted octanol–water partition coefficient (Wildman–Crippen LogP) is 2.54. The van der Waals surface area contributed by atoms with E-state index in [2.05, 4.69) is 5.32 Å². The first-order valence-corrected chi connectivity index (χ1v) is 6.29. The van der Waals surface area contributed by atoms with Crippen molar-refractivity contribution in [1.82, 2.24) is 5.32 Å². The fourth-order valence-electron chi connectivity index (χ4n) is 1.94. The number of para-hydroxylation sites is 1. The molecule has 0 bridgehead atoms. The van der Waals surface area contributed by atoms with Gasteiger partial charge in [-0.2, -0.15) is 0 Å². The number of carbonyl (C=O) groups excluding carboxylic acids is 1. The van der Waals surface area contributed by atoms with E-state index in [4.69, 9.17) is 0 Å². The van der Waals surface area contributed by atoms with E-state index in [1.54, 1.807) is 25.1 Å². The van der Waals surface area contributed by atoms with Gasteiger partial charge >= 0.3 is 0 Å². The molecule has 1 amide bonds. The highest BCUT2D eigenvalue weighted by Gasteiger charge is 2.13. The molecule has 21 heavy (non-hydrogen) atoms. The number of rotatable bonds is 4. The van der Waals surface area contributed by atoms with E-state index in [0.717, 1.165) is 0 Å². The fraction of sp³-hybridized carbons (Fsp3) is 0.133. The average Bonchev–Trinajstić information content (AvgIpc) is 2.45. The summed E-state index contributed by atoms with van der Waals surface area (Å²) in [6.07, 6.45) is 0. The highest BCUT2D eigenvalue weighted by Crippen LogP contribution is 2.19. The summed E-state index contributed by atoms with van der Waals surface area (Å²) in [6.45, 7) is 1.76. The number of nitrogens with zero attached hydrogens (tertiary/aromatic N) is 1. The molecule has 2 aromatic rings. The fourth-order valence-corrected chi connectivity index (χ4v) is 1.94. The largest absolute Gasteiger partial charge is 0.508 e. The Balaban J connectivity index is 2.09. The molecule has 0 unspecified atom stereocenters. The molecule has 0 atom stereocenters. The van der Waals surface area contributed by atoms with Crippen molar-refractivity contribution in [3.63, 3.8) is 0 Å². The quantitative estimate of drug-likeness (QED) is 0.667. The van der Waals surface area contributed by atoms with Gasteiger partial charge in [-0.3, -0.25) is 14.9 Å². The standard InChI is InChI=1S/C15H14N2O4/c1-10-8-11(6-7-13(10)17(20)21)15(19)16-9-12-4-2-3-5-14(12)18/h2-8,18H,9H2,1H3,(H,16,19). The van der Waals surface area contributed by atoms with Crippen LogP contribution in [0.1, 0.15) is 21.5 Å². The van der Waals surface area contributed by atoms with E-state index in [-0.39, 0.29) is 23.9 Å². The molecule has 0 aromatic heterocycles. The zero-order chi connectivity index (χ0) is 15.4. The lowest BCUT2D eigenvalue weighted by Crippen LogP contribution is -2.22. The minimum atomic E-state index is -0.487. The van der Waals surface area contributed by atoms with E-state index in [1.165, 1.54) is 24.3 Å². The van der Waals surface area contributed by atoms with Gasteiger partial charge in [-0.05, 0) is 25.1 Å². The van der Waals surface area contributed by atoms with Crippen molar-refractivity contribution < 1.29 is 14.8 Å². The van der Waals surface area contributed by atoms with Crippen LogP contribution >= 0.6 is 0 Å². The van der Waals surface area contributed by atoms with Gasteiger partial charge in [0.1, 0.15) is 5.75 Å². The minimum absolute atomic E-state index is 0.0211. The van der Waals surface area contributed by atoms with Crippen LogP contribution in [0.3, 0.4) is 0 Å². The molecule has 6 heteroatoms. The lowest BCUT2D eigenvalue weighted by molar-refractivity contribution is -0.385. The molecular formula is C15H14N2O4. The van der Waals surface area contributed by atoms with Crippen LogP contribution in [0.2, 0.25) is 0 Å². The van der Waals surface area contributed by atoms with Crippen molar-refractivity contribution in [3.8, 4) is 5.75 Å². The highest BCUT2D eigenvalue weighted by atomic mass is 16.6. The minimum Gasteiger partial charge on any atom is -0.508 e. The normalized spacial score (nSPS) is 10.1. The summed E-state index contributed by atoms with van der Waals surface area (Å²) in [6, 6.07) is 10.9. The number of phenols is 1. The first-order valence-electron chi connectivity index (χ1n) is 6.29. The van der Waals surface area contributed by atoms with Crippen LogP contribution in [0.4, 0.5) is 5.69 Å². The molecule has 0 heterocycles. The summed E-state index contributed by atoms with van der Waals surface area (Å²) in [4.78, 5) is 22.2. The molecule has 0 fully saturated rings. The second-order valence-corrected chi connectivity index (χ2v) is 4.57. The molecule has 0 aliphatic rings. The Labute approximate surface area is 121 Å². The molecule has 0 spiro atoms. The summed E-state index contributed by atoms with van der Waals surface area (Å²) >= 11 is 0. The maximum absolute atomic E-state index is 12.0. The van der Waals surface area contributed by atoms with E-state index in [9.17, 15) is 20.0 Å². The Kier molecular flexibility index (Phi) is 4.18. The third-order valence-corrected chi connectivity index (χ3v) is 3.09. The number of nitro benzene ring substituents is 1. The second-order valence-electron chi connectivity index (χ2n) is 4.57. The van der Waals surface area contributed by atoms with Crippen molar-refractivity contribution in [3.05, 3.63) is 69.3 Å². The Morgan fingerprint density at radius 2 is 2.00 bits per heavy atom. The van der Waals surface area contributed by atoms with Gasteiger partial charge in [-0.1, -0.05) is 18.2 Å². The summed E-state index contributed by atoms with van der Waals surface area (Å²) in [7, 11) is 0. The van der Waals surface area contributed by atoms with Crippen molar-refractivity contribution in [2.75, 3.05) is 0 Å². The number of nitrogens with one attached hydrogen (secondary N) is 1. The molecule has 2 N–H and O–H groups in total. The molecule has 108 valence electrons. The second kappa shape index (κ2) is 6.04. The first-order chi connectivity index (χ1) is 9.99. The van der Waals surface area contributed by atoms with Crippen LogP contribution in [0.15, 0.2) is 42.5 Å². The molecule has 0 aliphatic heterocycles. The van der Waals surface area contributed by atoms with E-state index >= 15 is 0 Å². The lowest BCUT2D eigenvalue weighted by Gasteiger charge is -2.07. The third kappa shape index (κ3) is 3.36. The molecule has 6 nitrogen and oxygen atoms in total. The zero-order valence-electron chi connectivity index (χ0n) is 11.4. The first kappa shape index (κ1) is 14.5. The van der Waals surface area contributed by atoms with E-state index in [1.807, 2.05) is 0 Å². The number of nitro groups is 1. The number of carbonyl (C=O) groups is 1. The number of phenolic OH excluding ortho intramolecular Hbond substituents is 1. The van der Waals surface area contributed by atoms with Gasteiger partial charge in [0.05, 0.1) is 4.92 Å². The Bertz CT molecular complexity index is 698. The predicted molar refractivity (Wildman–Crippen MR) is 77.1 cm³/mol. The monoisotopic (exact) mass is 286 g/mol. The van der Waals surface area contributed by atoms with Gasteiger partial charge in [0.15, 0.2) is 0 Å². The van der Waals surface area contributed by atoms with Crippen LogP contribution in [0, 0.1) is 17.0 Å². The van der Waals surface area contributed by atoms with Crippen molar-refractivity contribution in [2.45, 2.75) is 13.5 Å². The molecule has 2 aromatic carbocycles. The summed E-state index contributed by atoms with van der Waals surface area (Å²) in [5.41, 5.74) is 1.35. The molecule has 0 saturated carbocycles. The lowest BCUT2D eigenvalue weighted by atomic mass is 10.1. The van der Waals surface area contributed by atoms with Gasteiger partial charge < -0.3 is 10.4 Å². The van der Waals surface area contributed by atoms with Crippen LogP contribution in [-0.2, 0) is 6.54 Å². The molecule has 2 rings (SSSR count). The highest BCUT2D eigenvalue weighted by molar-refractivity contribution is 5.94. The Hall–Kier alpha value is -2.89. The molecule has 0 radical (unpaired) electrons. The number of aromatic hydroxyl groups is 1. The summed E-state index contributed by atoms with van der Waals surface area (Å²) in [5, 5.41) is 23.0. The van der Waals surface area contributed by atoms with Gasteiger partial charge in [-0.15, -0.1) is 0 Å².